The van der Waals surface area contributed by atoms with Crippen molar-refractivity contribution < 1.29 is 9.53 Å². The van der Waals surface area contributed by atoms with Crippen LogP contribution in [0.5, 0.6) is 0 Å². The second kappa shape index (κ2) is 8.39. The van der Waals surface area contributed by atoms with E-state index in [0.717, 1.165) is 12.2 Å². The van der Waals surface area contributed by atoms with Crippen LogP contribution in [-0.2, 0) is 11.3 Å². The van der Waals surface area contributed by atoms with E-state index in [4.69, 9.17) is 4.74 Å². The molecule has 2 aromatic carbocycles. The third kappa shape index (κ3) is 6.32. The number of carbonyl (C=O) groups is 1. The molecule has 0 radical (unpaired) electrons. The smallest absolute Gasteiger partial charge is 0.407 e. The van der Waals surface area contributed by atoms with Gasteiger partial charge in [0.25, 0.3) is 0 Å². The molecule has 0 heterocycles. The average Bonchev–Trinajstić information content (AvgIpc) is 2.54. The van der Waals surface area contributed by atoms with Gasteiger partial charge in [0.15, 0.2) is 0 Å². The Morgan fingerprint density at radius 2 is 1.58 bits per heavy atom. The molecule has 0 atom stereocenters. The Labute approximate surface area is 144 Å². The third-order valence-electron chi connectivity index (χ3n) is 3.39. The van der Waals surface area contributed by atoms with Gasteiger partial charge in [-0.15, -0.1) is 0 Å². The molecular weight excluding hydrogens is 300 g/mol. The van der Waals surface area contributed by atoms with Crippen LogP contribution in [0.15, 0.2) is 60.7 Å². The van der Waals surface area contributed by atoms with E-state index in [1.54, 1.807) is 0 Å². The second-order valence-electron chi connectivity index (χ2n) is 6.67. The molecule has 0 aliphatic heterocycles. The number of ether oxygens (including phenoxy) is 1. The highest BCUT2D eigenvalue weighted by molar-refractivity contribution is 5.67. The summed E-state index contributed by atoms with van der Waals surface area (Å²) in [6.07, 6.45) is -0.379. The zero-order valence-electron chi connectivity index (χ0n) is 14.7. The largest absolute Gasteiger partial charge is 0.444 e. The van der Waals surface area contributed by atoms with Crippen LogP contribution in [0.3, 0.4) is 0 Å². The van der Waals surface area contributed by atoms with Crippen molar-refractivity contribution in [2.24, 2.45) is 0 Å². The lowest BCUT2D eigenvalue weighted by Crippen LogP contribution is -2.37. The Morgan fingerprint density at radius 3 is 2.17 bits per heavy atom. The first kappa shape index (κ1) is 17.9. The molecule has 128 valence electrons. The summed E-state index contributed by atoms with van der Waals surface area (Å²) < 4.78 is 5.27. The zero-order chi connectivity index (χ0) is 17.4. The molecule has 0 saturated carbocycles. The van der Waals surface area contributed by atoms with Crippen molar-refractivity contribution in [2.75, 3.05) is 18.0 Å². The number of hydrogen-bond donors (Lipinski definition) is 1. The summed E-state index contributed by atoms with van der Waals surface area (Å²) in [6.45, 7) is 7.60. The van der Waals surface area contributed by atoms with Gasteiger partial charge in [0.2, 0.25) is 0 Å². The fourth-order valence-electron chi connectivity index (χ4n) is 2.35. The van der Waals surface area contributed by atoms with E-state index in [1.165, 1.54) is 5.56 Å². The van der Waals surface area contributed by atoms with E-state index >= 15 is 0 Å². The number of benzene rings is 2. The van der Waals surface area contributed by atoms with Crippen molar-refractivity contribution in [1.82, 2.24) is 5.32 Å². The third-order valence-corrected chi connectivity index (χ3v) is 3.39. The first-order chi connectivity index (χ1) is 11.4. The molecule has 0 bridgehead atoms. The SMILES string of the molecule is CC(C)(C)OC(=O)NCCN(Cc1ccccc1)c1ccccc1. The molecule has 1 N–H and O–H groups in total. The summed E-state index contributed by atoms with van der Waals surface area (Å²) in [5.41, 5.74) is 1.89. The summed E-state index contributed by atoms with van der Waals surface area (Å²) in [5, 5.41) is 2.82. The lowest BCUT2D eigenvalue weighted by Gasteiger charge is -2.26. The van der Waals surface area contributed by atoms with E-state index in [0.29, 0.717) is 13.1 Å². The van der Waals surface area contributed by atoms with Crippen molar-refractivity contribution >= 4 is 11.8 Å². The number of nitrogens with one attached hydrogen (secondary N) is 1. The van der Waals surface area contributed by atoms with Crippen LogP contribution >= 0.6 is 0 Å². The average molecular weight is 326 g/mol. The Morgan fingerprint density at radius 1 is 1.00 bits per heavy atom. The molecule has 24 heavy (non-hydrogen) atoms. The Bertz CT molecular complexity index is 621. The minimum Gasteiger partial charge on any atom is -0.444 e. The first-order valence-electron chi connectivity index (χ1n) is 8.25. The highest BCUT2D eigenvalue weighted by Crippen LogP contribution is 2.16. The molecule has 0 aromatic heterocycles. The number of carbonyl (C=O) groups excluding carboxylic acids is 1. The molecule has 0 fully saturated rings. The predicted molar refractivity (Wildman–Crippen MR) is 98.2 cm³/mol. The van der Waals surface area contributed by atoms with Gasteiger partial charge in [0, 0.05) is 25.3 Å². The predicted octanol–water partition coefficient (Wildman–Crippen LogP) is 4.22. The van der Waals surface area contributed by atoms with Gasteiger partial charge < -0.3 is 15.0 Å². The van der Waals surface area contributed by atoms with Crippen molar-refractivity contribution in [3.05, 3.63) is 66.2 Å². The van der Waals surface area contributed by atoms with E-state index in [-0.39, 0.29) is 6.09 Å². The van der Waals surface area contributed by atoms with Crippen LogP contribution in [0.25, 0.3) is 0 Å². The molecular formula is C20H26N2O2. The lowest BCUT2D eigenvalue weighted by atomic mass is 10.2. The van der Waals surface area contributed by atoms with Gasteiger partial charge >= 0.3 is 6.09 Å². The van der Waals surface area contributed by atoms with Crippen molar-refractivity contribution in [3.8, 4) is 0 Å². The van der Waals surface area contributed by atoms with Gasteiger partial charge in [-0.2, -0.15) is 0 Å². The number of para-hydroxylation sites is 1. The maximum Gasteiger partial charge on any atom is 0.407 e. The molecule has 0 aliphatic carbocycles. The fraction of sp³-hybridized carbons (Fsp3) is 0.350. The van der Waals surface area contributed by atoms with Gasteiger partial charge in [-0.25, -0.2) is 4.79 Å². The van der Waals surface area contributed by atoms with Crippen LogP contribution in [0.4, 0.5) is 10.5 Å². The Balaban J connectivity index is 1.95. The molecule has 2 rings (SSSR count). The summed E-state index contributed by atoms with van der Waals surface area (Å²) in [6, 6.07) is 20.5. The molecule has 1 amide bonds. The molecule has 0 spiro atoms. The summed E-state index contributed by atoms with van der Waals surface area (Å²) in [4.78, 5) is 14.0. The molecule has 4 heteroatoms. The number of alkyl carbamates (subject to hydrolysis) is 1. The first-order valence-corrected chi connectivity index (χ1v) is 8.25. The van der Waals surface area contributed by atoms with Gasteiger partial charge in [-0.1, -0.05) is 48.5 Å². The van der Waals surface area contributed by atoms with Gasteiger partial charge in [-0.05, 0) is 38.5 Å². The number of anilines is 1. The normalized spacial score (nSPS) is 11.0. The number of amides is 1. The van der Waals surface area contributed by atoms with E-state index in [2.05, 4.69) is 34.5 Å². The van der Waals surface area contributed by atoms with Crippen LogP contribution in [0.2, 0.25) is 0 Å². The molecule has 0 saturated heterocycles. The lowest BCUT2D eigenvalue weighted by molar-refractivity contribution is 0.0529. The van der Waals surface area contributed by atoms with Crippen LogP contribution in [-0.4, -0.2) is 24.8 Å². The van der Waals surface area contributed by atoms with Crippen LogP contribution < -0.4 is 10.2 Å². The number of rotatable bonds is 6. The van der Waals surface area contributed by atoms with Gasteiger partial charge in [0.05, 0.1) is 0 Å². The standard InChI is InChI=1S/C20H26N2O2/c1-20(2,3)24-19(23)21-14-15-22(18-12-8-5-9-13-18)16-17-10-6-4-7-11-17/h4-13H,14-16H2,1-3H3,(H,21,23). The Kier molecular flexibility index (Phi) is 6.24. The quantitative estimate of drug-likeness (QED) is 0.864. The minimum atomic E-state index is -0.479. The van der Waals surface area contributed by atoms with Crippen molar-refractivity contribution in [1.29, 1.82) is 0 Å². The zero-order valence-corrected chi connectivity index (χ0v) is 14.7. The van der Waals surface area contributed by atoms with Crippen LogP contribution in [0.1, 0.15) is 26.3 Å². The summed E-state index contributed by atoms with van der Waals surface area (Å²) in [5.74, 6) is 0. The van der Waals surface area contributed by atoms with Gasteiger partial charge in [-0.3, -0.25) is 0 Å². The summed E-state index contributed by atoms with van der Waals surface area (Å²) in [7, 11) is 0. The van der Waals surface area contributed by atoms with Crippen molar-refractivity contribution in [3.63, 3.8) is 0 Å². The fourth-order valence-corrected chi connectivity index (χ4v) is 2.35. The monoisotopic (exact) mass is 326 g/mol. The highest BCUT2D eigenvalue weighted by atomic mass is 16.6. The van der Waals surface area contributed by atoms with E-state index < -0.39 is 5.60 Å². The maximum absolute atomic E-state index is 11.8. The molecule has 2 aromatic rings. The topological polar surface area (TPSA) is 41.6 Å². The molecule has 0 unspecified atom stereocenters. The van der Waals surface area contributed by atoms with Crippen LogP contribution in [0, 0.1) is 0 Å². The number of nitrogens with zero attached hydrogens (tertiary/aromatic N) is 1. The maximum atomic E-state index is 11.8. The second-order valence-corrected chi connectivity index (χ2v) is 6.67. The Hall–Kier alpha value is -2.49. The van der Waals surface area contributed by atoms with E-state index in [1.807, 2.05) is 57.2 Å². The minimum absolute atomic E-state index is 0.379. The number of hydrogen-bond acceptors (Lipinski definition) is 3. The molecule has 0 aliphatic rings. The van der Waals surface area contributed by atoms with Crippen molar-refractivity contribution in [2.45, 2.75) is 32.9 Å². The summed E-state index contributed by atoms with van der Waals surface area (Å²) >= 11 is 0. The molecule has 4 nitrogen and oxygen atoms in total. The van der Waals surface area contributed by atoms with E-state index in [9.17, 15) is 4.79 Å². The highest BCUT2D eigenvalue weighted by Gasteiger charge is 2.16. The van der Waals surface area contributed by atoms with Gasteiger partial charge in [0.1, 0.15) is 5.60 Å².